The molecule has 0 heterocycles. The van der Waals surface area contributed by atoms with Crippen molar-refractivity contribution in [3.05, 3.63) is 53.6 Å². The fourth-order valence-corrected chi connectivity index (χ4v) is 2.17. The summed E-state index contributed by atoms with van der Waals surface area (Å²) in [4.78, 5) is 24.0. The zero-order chi connectivity index (χ0) is 16.1. The van der Waals surface area contributed by atoms with Crippen molar-refractivity contribution in [3.8, 4) is 16.9 Å². The second kappa shape index (κ2) is 6.76. The third-order valence-corrected chi connectivity index (χ3v) is 3.21. The molecule has 0 saturated carbocycles. The van der Waals surface area contributed by atoms with Crippen LogP contribution in [0.25, 0.3) is 11.1 Å². The first-order valence-electron chi connectivity index (χ1n) is 6.56. The maximum absolute atomic E-state index is 12.0. The van der Waals surface area contributed by atoms with Gasteiger partial charge in [0.15, 0.2) is 0 Å². The molecule has 0 aliphatic carbocycles. The van der Waals surface area contributed by atoms with Crippen LogP contribution in [0.5, 0.6) is 5.75 Å². The Balaban J connectivity index is 2.72. The van der Waals surface area contributed by atoms with E-state index in [1.807, 2.05) is 30.3 Å². The molecular formula is C17H16O5. The molecule has 0 aromatic heterocycles. The number of methoxy groups -OCH3 is 3. The second-order valence-corrected chi connectivity index (χ2v) is 4.45. The molecule has 5 heteroatoms. The average molecular weight is 300 g/mol. The van der Waals surface area contributed by atoms with Gasteiger partial charge in [0.05, 0.1) is 21.3 Å². The van der Waals surface area contributed by atoms with Crippen LogP contribution in [0.4, 0.5) is 0 Å². The van der Waals surface area contributed by atoms with E-state index in [9.17, 15) is 9.59 Å². The molecule has 0 bridgehead atoms. The Labute approximate surface area is 128 Å². The van der Waals surface area contributed by atoms with Gasteiger partial charge in [-0.2, -0.15) is 0 Å². The van der Waals surface area contributed by atoms with E-state index in [2.05, 4.69) is 0 Å². The molecule has 2 rings (SSSR count). The summed E-state index contributed by atoms with van der Waals surface area (Å²) in [6.07, 6.45) is 0. The molecule has 0 atom stereocenters. The Bertz CT molecular complexity index is 654. The van der Waals surface area contributed by atoms with E-state index in [1.54, 1.807) is 12.1 Å². The zero-order valence-electron chi connectivity index (χ0n) is 12.6. The van der Waals surface area contributed by atoms with Crippen LogP contribution in [0.1, 0.15) is 20.7 Å². The molecule has 0 aliphatic rings. The van der Waals surface area contributed by atoms with Crippen LogP contribution >= 0.6 is 0 Å². The number of hydrogen-bond acceptors (Lipinski definition) is 5. The maximum Gasteiger partial charge on any atom is 0.341 e. The summed E-state index contributed by atoms with van der Waals surface area (Å²) >= 11 is 0. The fourth-order valence-electron chi connectivity index (χ4n) is 2.17. The van der Waals surface area contributed by atoms with Crippen molar-refractivity contribution < 1.29 is 23.8 Å². The minimum atomic E-state index is -0.584. The molecule has 0 unspecified atom stereocenters. The van der Waals surface area contributed by atoms with E-state index in [-0.39, 0.29) is 16.9 Å². The molecule has 0 saturated heterocycles. The zero-order valence-corrected chi connectivity index (χ0v) is 12.6. The van der Waals surface area contributed by atoms with Crippen molar-refractivity contribution in [3.63, 3.8) is 0 Å². The van der Waals surface area contributed by atoms with E-state index >= 15 is 0 Å². The van der Waals surface area contributed by atoms with Crippen LogP contribution in [-0.2, 0) is 9.47 Å². The highest BCUT2D eigenvalue weighted by molar-refractivity contribution is 6.02. The first-order chi connectivity index (χ1) is 10.6. The summed E-state index contributed by atoms with van der Waals surface area (Å²) in [7, 11) is 3.93. The number of carbonyl (C=O) groups excluding carboxylic acids is 2. The number of ether oxygens (including phenoxy) is 3. The lowest BCUT2D eigenvalue weighted by atomic mass is 9.98. The van der Waals surface area contributed by atoms with Gasteiger partial charge in [0, 0.05) is 0 Å². The van der Waals surface area contributed by atoms with Crippen LogP contribution in [0.2, 0.25) is 0 Å². The van der Waals surface area contributed by atoms with E-state index in [0.717, 1.165) is 5.56 Å². The molecule has 114 valence electrons. The third kappa shape index (κ3) is 2.93. The third-order valence-electron chi connectivity index (χ3n) is 3.21. The van der Waals surface area contributed by atoms with Gasteiger partial charge >= 0.3 is 11.9 Å². The summed E-state index contributed by atoms with van der Waals surface area (Å²) in [5.74, 6) is -1.03. The maximum atomic E-state index is 12.0. The first-order valence-corrected chi connectivity index (χ1v) is 6.56. The number of esters is 2. The van der Waals surface area contributed by atoms with Crippen LogP contribution in [0.15, 0.2) is 42.5 Å². The highest BCUT2D eigenvalue weighted by Crippen LogP contribution is 2.32. The van der Waals surface area contributed by atoms with E-state index < -0.39 is 11.9 Å². The largest absolute Gasteiger partial charge is 0.495 e. The minimum Gasteiger partial charge on any atom is -0.495 e. The van der Waals surface area contributed by atoms with Gasteiger partial charge in [0.2, 0.25) is 0 Å². The quantitative estimate of drug-likeness (QED) is 0.812. The van der Waals surface area contributed by atoms with Gasteiger partial charge in [-0.05, 0) is 23.3 Å². The summed E-state index contributed by atoms with van der Waals surface area (Å²) < 4.78 is 14.7. The van der Waals surface area contributed by atoms with Gasteiger partial charge in [-0.15, -0.1) is 0 Å². The number of benzene rings is 2. The molecule has 0 fully saturated rings. The Morgan fingerprint density at radius 2 is 1.27 bits per heavy atom. The van der Waals surface area contributed by atoms with Crippen LogP contribution in [0.3, 0.4) is 0 Å². The number of hydrogen-bond donors (Lipinski definition) is 0. The topological polar surface area (TPSA) is 61.8 Å². The van der Waals surface area contributed by atoms with E-state index in [4.69, 9.17) is 14.2 Å². The summed E-state index contributed by atoms with van der Waals surface area (Å²) in [5.41, 5.74) is 1.90. The van der Waals surface area contributed by atoms with E-state index in [1.165, 1.54) is 21.3 Å². The lowest BCUT2D eigenvalue weighted by molar-refractivity contribution is 0.0592. The van der Waals surface area contributed by atoms with Crippen molar-refractivity contribution in [2.75, 3.05) is 21.3 Å². The van der Waals surface area contributed by atoms with Crippen molar-refractivity contribution in [2.24, 2.45) is 0 Å². The first kappa shape index (κ1) is 15.6. The molecule has 2 aromatic carbocycles. The SMILES string of the molecule is COC(=O)c1cc(-c2ccccc2)cc(C(=O)OC)c1OC. The number of rotatable bonds is 4. The van der Waals surface area contributed by atoms with Crippen LogP contribution < -0.4 is 4.74 Å². The van der Waals surface area contributed by atoms with Crippen molar-refractivity contribution in [1.82, 2.24) is 0 Å². The smallest absolute Gasteiger partial charge is 0.341 e. The highest BCUT2D eigenvalue weighted by Gasteiger charge is 2.23. The Hall–Kier alpha value is -2.82. The molecule has 2 aromatic rings. The molecule has 22 heavy (non-hydrogen) atoms. The van der Waals surface area contributed by atoms with Crippen LogP contribution in [-0.4, -0.2) is 33.3 Å². The monoisotopic (exact) mass is 300 g/mol. The molecule has 0 aliphatic heterocycles. The van der Waals surface area contributed by atoms with Crippen molar-refractivity contribution >= 4 is 11.9 Å². The second-order valence-electron chi connectivity index (χ2n) is 4.45. The van der Waals surface area contributed by atoms with Gasteiger partial charge in [0.25, 0.3) is 0 Å². The van der Waals surface area contributed by atoms with Gasteiger partial charge in [-0.25, -0.2) is 9.59 Å². The highest BCUT2D eigenvalue weighted by atomic mass is 16.5. The minimum absolute atomic E-state index is 0.137. The van der Waals surface area contributed by atoms with Crippen molar-refractivity contribution in [1.29, 1.82) is 0 Å². The Morgan fingerprint density at radius 3 is 1.68 bits per heavy atom. The molecule has 0 spiro atoms. The summed E-state index contributed by atoms with van der Waals surface area (Å²) in [5, 5.41) is 0. The van der Waals surface area contributed by atoms with Gasteiger partial charge in [-0.1, -0.05) is 30.3 Å². The van der Waals surface area contributed by atoms with Gasteiger partial charge < -0.3 is 14.2 Å². The van der Waals surface area contributed by atoms with Crippen molar-refractivity contribution in [2.45, 2.75) is 0 Å². The van der Waals surface area contributed by atoms with Gasteiger partial charge in [0.1, 0.15) is 16.9 Å². The standard InChI is InChI=1S/C17H16O5/c1-20-15-13(16(18)21-2)9-12(10-14(15)17(19)22-3)11-7-5-4-6-8-11/h4-10H,1-3H3. The average Bonchev–Trinajstić information content (AvgIpc) is 2.59. The predicted molar refractivity (Wildman–Crippen MR) is 81.1 cm³/mol. The molecule has 5 nitrogen and oxygen atoms in total. The normalized spacial score (nSPS) is 9.95. The Morgan fingerprint density at radius 1 is 0.773 bits per heavy atom. The number of carbonyl (C=O) groups is 2. The van der Waals surface area contributed by atoms with Crippen LogP contribution in [0, 0.1) is 0 Å². The molecule has 0 radical (unpaired) electrons. The fraction of sp³-hybridized carbons (Fsp3) is 0.176. The lowest BCUT2D eigenvalue weighted by Crippen LogP contribution is -2.11. The van der Waals surface area contributed by atoms with E-state index in [0.29, 0.717) is 5.56 Å². The summed E-state index contributed by atoms with van der Waals surface area (Å²) in [6, 6.07) is 12.6. The predicted octanol–water partition coefficient (Wildman–Crippen LogP) is 2.94. The molecule has 0 N–H and O–H groups in total. The lowest BCUT2D eigenvalue weighted by Gasteiger charge is -2.14. The summed E-state index contributed by atoms with van der Waals surface area (Å²) in [6.45, 7) is 0. The molecule has 0 amide bonds. The van der Waals surface area contributed by atoms with Gasteiger partial charge in [-0.3, -0.25) is 0 Å². The molecular weight excluding hydrogens is 284 g/mol. The Kier molecular flexibility index (Phi) is 4.78.